The number of carbonyl (C=O) groups is 10. The fourth-order valence-corrected chi connectivity index (χ4v) is 7.99. The molecule has 0 heterocycles. The summed E-state index contributed by atoms with van der Waals surface area (Å²) in [6.07, 6.45) is 0.547. The van der Waals surface area contributed by atoms with Gasteiger partial charge in [0.1, 0.15) is 48.3 Å². The second kappa shape index (κ2) is 37.6. The van der Waals surface area contributed by atoms with E-state index in [1.807, 2.05) is 55.4 Å². The van der Waals surface area contributed by atoms with Crippen molar-refractivity contribution in [2.45, 2.75) is 201 Å². The van der Waals surface area contributed by atoms with Gasteiger partial charge in [-0.25, -0.2) is 0 Å². The molecule has 10 amide bonds. The molecule has 0 aromatic rings. The highest BCUT2D eigenvalue weighted by molar-refractivity contribution is 5.97. The maximum absolute atomic E-state index is 14.3. The van der Waals surface area contributed by atoms with Crippen LogP contribution in [0.5, 0.6) is 0 Å². The number of primary amides is 1. The Balaban J connectivity index is 6.50. The van der Waals surface area contributed by atoms with E-state index in [1.54, 1.807) is 13.8 Å². The summed E-state index contributed by atoms with van der Waals surface area (Å²) in [5.41, 5.74) is 27.8. The molecular weight excluding hydrogens is 999 g/mol. The summed E-state index contributed by atoms with van der Waals surface area (Å²) in [4.78, 5) is 138. The van der Waals surface area contributed by atoms with Gasteiger partial charge in [-0.3, -0.25) is 52.9 Å². The number of nitrogens with two attached hydrogens (primary N) is 5. The minimum atomic E-state index is -1.62. The second-order valence-electron chi connectivity index (χ2n) is 21.5. The van der Waals surface area contributed by atoms with Crippen LogP contribution in [0.4, 0.5) is 0 Å². The minimum absolute atomic E-state index is 0.00198. The number of unbranched alkanes of at least 4 members (excludes halogenated alkanes) is 1. The van der Waals surface area contributed by atoms with Gasteiger partial charge in [0, 0.05) is 19.5 Å². The largest absolute Gasteiger partial charge is 0.391 e. The number of aliphatic hydroxyl groups is 1. The molecule has 26 heteroatoms. The van der Waals surface area contributed by atoms with Crippen LogP contribution in [0.25, 0.3) is 0 Å². The molecule has 0 fully saturated rings. The number of guanidine groups is 1. The average molecular weight is 1100 g/mol. The number of amides is 10. The molecule has 0 saturated carbocycles. The summed E-state index contributed by atoms with van der Waals surface area (Å²) < 4.78 is 0. The number of hydrogen-bond acceptors (Lipinski definition) is 14. The molecule has 26 nitrogen and oxygen atoms in total. The van der Waals surface area contributed by atoms with Crippen molar-refractivity contribution in [3.63, 3.8) is 0 Å². The molecule has 20 N–H and O–H groups in total. The molecule has 0 radical (unpaired) electrons. The molecule has 77 heavy (non-hydrogen) atoms. The quantitative estimate of drug-likeness (QED) is 0.0174. The molecule has 0 aromatic heterocycles. The number of aliphatic imine (C=N–C) groups is 1. The average Bonchev–Trinajstić information content (AvgIpc) is 3.33. The van der Waals surface area contributed by atoms with Crippen LogP contribution in [0, 0.1) is 29.6 Å². The Bertz CT molecular complexity index is 1930. The van der Waals surface area contributed by atoms with Crippen molar-refractivity contribution in [3.05, 3.63) is 0 Å². The van der Waals surface area contributed by atoms with E-state index in [0.29, 0.717) is 25.7 Å². The highest BCUT2D eigenvalue weighted by Gasteiger charge is 2.36. The molecule has 0 bridgehead atoms. The van der Waals surface area contributed by atoms with E-state index in [9.17, 15) is 53.1 Å². The summed E-state index contributed by atoms with van der Waals surface area (Å²) in [5.74, 6) is -7.91. The maximum atomic E-state index is 14.3. The van der Waals surface area contributed by atoms with Crippen LogP contribution in [0.3, 0.4) is 0 Å². The first-order valence-electron chi connectivity index (χ1n) is 27.1. The van der Waals surface area contributed by atoms with E-state index in [-0.39, 0.29) is 101 Å². The number of hydrogen-bond donors (Lipinski definition) is 15. The van der Waals surface area contributed by atoms with Gasteiger partial charge >= 0.3 is 0 Å². The van der Waals surface area contributed by atoms with Gasteiger partial charge in [0.15, 0.2) is 5.96 Å². The second-order valence-corrected chi connectivity index (χ2v) is 21.5. The molecule has 10 atom stereocenters. The van der Waals surface area contributed by atoms with Crippen LogP contribution in [0.1, 0.15) is 147 Å². The molecular formula is C51H97N15O11. The lowest BCUT2D eigenvalue weighted by atomic mass is 9.96. The lowest BCUT2D eigenvalue weighted by Crippen LogP contribution is -2.62. The van der Waals surface area contributed by atoms with Gasteiger partial charge in [-0.05, 0) is 101 Å². The molecule has 0 aliphatic heterocycles. The zero-order valence-corrected chi connectivity index (χ0v) is 47.6. The number of carbonyl (C=O) groups excluding carboxylic acids is 10. The first-order chi connectivity index (χ1) is 36.0. The van der Waals surface area contributed by atoms with Gasteiger partial charge in [-0.2, -0.15) is 0 Å². The summed E-state index contributed by atoms with van der Waals surface area (Å²) >= 11 is 0. The summed E-state index contributed by atoms with van der Waals surface area (Å²) in [6.45, 7) is 19.4. The summed E-state index contributed by atoms with van der Waals surface area (Å²) in [5, 5.41) is 34.6. The van der Waals surface area contributed by atoms with Gasteiger partial charge in [0.05, 0.1) is 12.6 Å². The molecule has 0 saturated heterocycles. The van der Waals surface area contributed by atoms with Crippen LogP contribution in [0.2, 0.25) is 0 Å². The lowest BCUT2D eigenvalue weighted by molar-refractivity contribution is -0.137. The standard InChI is InChI=1S/C51H97N15O11/c1-12-31(10)41(49(76)61-34(16-13-14-19-52)46(73)66-42(32(11)67)50(77)64-38(25-30(8)9)48(75)62-35(43(54)70)22-27(2)3)65-45(72)33(17-15-20-58-51(55)56)59-39(68)18-21-57-44(71)36(23-28(4)5)63-47(74)37(24-29(6)7)60-40(69)26-53/h27-38,41-42,67H,12-26,52-53H2,1-11H3,(H2,54,70)(H,57,71)(H,59,68)(H,60,69)(H,61,76)(H,62,75)(H,63,74)(H,64,77)(H,65,72)(H,66,73)(H4,55,56,58)/t31-,32+,33-,34-,35-,36-,37-,38-,41-,42-/m0/s1. The lowest BCUT2D eigenvalue weighted by Gasteiger charge is -2.30. The van der Waals surface area contributed by atoms with E-state index in [0.717, 1.165) is 0 Å². The normalized spacial score (nSPS) is 15.2. The minimum Gasteiger partial charge on any atom is -0.391 e. The van der Waals surface area contributed by atoms with Crippen molar-refractivity contribution in [1.82, 2.24) is 47.9 Å². The van der Waals surface area contributed by atoms with Gasteiger partial charge in [0.2, 0.25) is 59.1 Å². The first kappa shape index (κ1) is 70.8. The van der Waals surface area contributed by atoms with Crippen molar-refractivity contribution in [2.75, 3.05) is 26.2 Å². The van der Waals surface area contributed by atoms with Crippen LogP contribution in [0.15, 0.2) is 4.99 Å². The Kier molecular flexibility index (Phi) is 34.6. The Hall–Kier alpha value is -6.15. The molecule has 0 rings (SSSR count). The SMILES string of the molecule is CC[C@H](C)[C@H](NC(=O)[C@H](CCCN=C(N)N)NC(=O)CCNC(=O)[C@H](CC(C)C)NC(=O)[C@H](CC(C)C)NC(=O)CN)C(=O)N[C@@H](CCCCN)C(=O)N[C@H](C(=O)N[C@@H](CC(C)C)C(=O)N[C@@H](CC(C)C)C(N)=O)[C@@H](C)O. The van der Waals surface area contributed by atoms with Gasteiger partial charge < -0.3 is 81.6 Å². The van der Waals surface area contributed by atoms with Crippen molar-refractivity contribution in [1.29, 1.82) is 0 Å². The van der Waals surface area contributed by atoms with Crippen molar-refractivity contribution < 1.29 is 53.1 Å². The van der Waals surface area contributed by atoms with E-state index >= 15 is 0 Å². The molecule has 0 spiro atoms. The van der Waals surface area contributed by atoms with Crippen molar-refractivity contribution in [3.8, 4) is 0 Å². The monoisotopic (exact) mass is 1100 g/mol. The third-order valence-corrected chi connectivity index (χ3v) is 12.3. The van der Waals surface area contributed by atoms with E-state index in [1.165, 1.54) is 6.92 Å². The molecule has 442 valence electrons. The zero-order chi connectivity index (χ0) is 59.1. The molecule has 0 aliphatic carbocycles. The van der Waals surface area contributed by atoms with E-state index in [2.05, 4.69) is 52.8 Å². The Morgan fingerprint density at radius 3 is 1.34 bits per heavy atom. The molecule has 0 aromatic carbocycles. The highest BCUT2D eigenvalue weighted by atomic mass is 16.3. The van der Waals surface area contributed by atoms with Crippen LogP contribution < -0.4 is 76.5 Å². The smallest absolute Gasteiger partial charge is 0.245 e. The number of aliphatic hydroxyl groups excluding tert-OH is 1. The van der Waals surface area contributed by atoms with Crippen molar-refractivity contribution >= 4 is 65.0 Å². The predicted molar refractivity (Wildman–Crippen MR) is 293 cm³/mol. The third kappa shape index (κ3) is 29.8. The topological polar surface area (TPSA) is 442 Å². The van der Waals surface area contributed by atoms with Crippen molar-refractivity contribution in [2.24, 2.45) is 63.3 Å². The highest BCUT2D eigenvalue weighted by Crippen LogP contribution is 2.14. The van der Waals surface area contributed by atoms with Gasteiger partial charge in [0.25, 0.3) is 0 Å². The molecule has 0 unspecified atom stereocenters. The number of nitrogens with one attached hydrogen (secondary N) is 9. The summed E-state index contributed by atoms with van der Waals surface area (Å²) in [7, 11) is 0. The Morgan fingerprint density at radius 1 is 0.468 bits per heavy atom. The zero-order valence-electron chi connectivity index (χ0n) is 47.6. The van der Waals surface area contributed by atoms with Crippen LogP contribution in [-0.2, 0) is 47.9 Å². The van der Waals surface area contributed by atoms with E-state index in [4.69, 9.17) is 28.7 Å². The first-order valence-corrected chi connectivity index (χ1v) is 27.1. The van der Waals surface area contributed by atoms with Gasteiger partial charge in [-0.15, -0.1) is 0 Å². The Morgan fingerprint density at radius 2 is 0.870 bits per heavy atom. The predicted octanol–water partition coefficient (Wildman–Crippen LogP) is -2.39. The van der Waals surface area contributed by atoms with Gasteiger partial charge in [-0.1, -0.05) is 75.7 Å². The fourth-order valence-electron chi connectivity index (χ4n) is 7.99. The molecule has 0 aliphatic rings. The number of rotatable bonds is 39. The Labute approximate surface area is 455 Å². The summed E-state index contributed by atoms with van der Waals surface area (Å²) in [6, 6.07) is -9.58. The number of nitrogens with zero attached hydrogens (tertiary/aromatic N) is 1. The van der Waals surface area contributed by atoms with Crippen LogP contribution >= 0.6 is 0 Å². The fraction of sp³-hybridized carbons (Fsp3) is 0.784. The van der Waals surface area contributed by atoms with E-state index < -0.39 is 119 Å². The third-order valence-electron chi connectivity index (χ3n) is 12.3. The maximum Gasteiger partial charge on any atom is 0.245 e. The van der Waals surface area contributed by atoms with Crippen LogP contribution in [-0.4, -0.2) is 151 Å².